The van der Waals surface area contributed by atoms with Crippen molar-refractivity contribution in [2.45, 2.75) is 34.2 Å². The molecule has 0 aromatic carbocycles. The third-order valence-electron chi connectivity index (χ3n) is 3.70. The van der Waals surface area contributed by atoms with E-state index in [2.05, 4.69) is 26.0 Å². The Labute approximate surface area is 164 Å². The molecule has 10 heteroatoms. The first-order valence-corrected chi connectivity index (χ1v) is 8.88. The lowest BCUT2D eigenvalue weighted by Crippen LogP contribution is -2.28. The van der Waals surface area contributed by atoms with E-state index >= 15 is 0 Å². The first-order valence-electron chi connectivity index (χ1n) is 8.09. The number of hydrogen-bond donors (Lipinski definition) is 1. The van der Waals surface area contributed by atoms with Crippen LogP contribution in [0.4, 0.5) is 9.18 Å². The predicted molar refractivity (Wildman–Crippen MR) is 101 cm³/mol. The number of carbonyl (C=O) groups is 1. The van der Waals surface area contributed by atoms with E-state index in [4.69, 9.17) is 10.5 Å². The number of allylic oxidation sites excluding steroid dienone is 1. The number of pyridine rings is 1. The Morgan fingerprint density at radius 1 is 1.37 bits per heavy atom. The lowest BCUT2D eigenvalue weighted by Gasteiger charge is -2.20. The lowest BCUT2D eigenvalue weighted by atomic mass is 9.92. The summed E-state index contributed by atoms with van der Waals surface area (Å²) in [6.45, 7) is 6.26. The topological polar surface area (TPSA) is 105 Å². The van der Waals surface area contributed by atoms with E-state index in [0.717, 1.165) is 10.2 Å². The standard InChI is InChI=1S/C17H21BrFN5O3/c1-10-5-6-12(18)22-14(10)23-9-21-24(16(23)26)7-11(8-27-15(20)25)13(19)17(2,3)4/h5-6,9H,7-8H2,1-4H3,(H2,20,25)/b13-11+. The molecule has 0 saturated carbocycles. The number of rotatable bonds is 5. The molecule has 0 saturated heterocycles. The summed E-state index contributed by atoms with van der Waals surface area (Å²) in [4.78, 5) is 27.9. The number of carbonyl (C=O) groups excluding carboxylic acids is 1. The van der Waals surface area contributed by atoms with Crippen LogP contribution in [0, 0.1) is 12.3 Å². The molecule has 0 aliphatic carbocycles. The van der Waals surface area contributed by atoms with E-state index < -0.39 is 23.0 Å². The number of aryl methyl sites for hydroxylation is 1. The van der Waals surface area contributed by atoms with Gasteiger partial charge in [-0.05, 0) is 34.5 Å². The normalized spacial score (nSPS) is 12.7. The highest BCUT2D eigenvalue weighted by Gasteiger charge is 2.23. The third kappa shape index (κ3) is 5.03. The molecule has 2 N–H and O–H groups in total. The Hall–Kier alpha value is -2.49. The van der Waals surface area contributed by atoms with Crippen molar-refractivity contribution < 1.29 is 13.9 Å². The molecular formula is C17H21BrFN5O3. The summed E-state index contributed by atoms with van der Waals surface area (Å²) in [7, 11) is 0. The highest BCUT2D eigenvalue weighted by atomic mass is 79.9. The van der Waals surface area contributed by atoms with Gasteiger partial charge in [-0.2, -0.15) is 5.10 Å². The van der Waals surface area contributed by atoms with Crippen LogP contribution in [0.2, 0.25) is 0 Å². The number of ether oxygens (including phenoxy) is 1. The summed E-state index contributed by atoms with van der Waals surface area (Å²) in [5.41, 5.74) is 4.53. The minimum Gasteiger partial charge on any atom is -0.445 e. The fourth-order valence-electron chi connectivity index (χ4n) is 2.38. The van der Waals surface area contributed by atoms with Gasteiger partial charge in [0.25, 0.3) is 0 Å². The van der Waals surface area contributed by atoms with Gasteiger partial charge in [0.2, 0.25) is 0 Å². The van der Waals surface area contributed by atoms with Crippen LogP contribution in [0.15, 0.2) is 39.3 Å². The molecule has 0 fully saturated rings. The molecule has 0 aliphatic heterocycles. The van der Waals surface area contributed by atoms with Gasteiger partial charge in [-0.25, -0.2) is 28.2 Å². The molecule has 0 spiro atoms. The number of halogens is 2. The first kappa shape index (κ1) is 20.8. The first-order chi connectivity index (χ1) is 12.5. The second kappa shape index (κ2) is 8.03. The molecule has 146 valence electrons. The van der Waals surface area contributed by atoms with Crippen LogP contribution in [0.5, 0.6) is 0 Å². The Morgan fingerprint density at radius 3 is 2.63 bits per heavy atom. The van der Waals surface area contributed by atoms with Crippen LogP contribution in [-0.4, -0.2) is 32.0 Å². The average molecular weight is 442 g/mol. The monoisotopic (exact) mass is 441 g/mol. The van der Waals surface area contributed by atoms with Crippen LogP contribution >= 0.6 is 15.9 Å². The Kier molecular flexibility index (Phi) is 6.19. The van der Waals surface area contributed by atoms with Crippen LogP contribution in [-0.2, 0) is 11.3 Å². The smallest absolute Gasteiger partial charge is 0.404 e. The highest BCUT2D eigenvalue weighted by molar-refractivity contribution is 9.10. The SMILES string of the molecule is Cc1ccc(Br)nc1-n1cnn(C/C(COC(N)=O)=C(\F)C(C)(C)C)c1=O. The molecule has 0 radical (unpaired) electrons. The maximum absolute atomic E-state index is 14.8. The summed E-state index contributed by atoms with van der Waals surface area (Å²) in [6, 6.07) is 3.57. The van der Waals surface area contributed by atoms with Crippen molar-refractivity contribution in [2.24, 2.45) is 11.1 Å². The molecule has 0 bridgehead atoms. The number of primary amides is 1. The van der Waals surface area contributed by atoms with Crippen molar-refractivity contribution in [1.82, 2.24) is 19.3 Å². The average Bonchev–Trinajstić information content (AvgIpc) is 2.92. The van der Waals surface area contributed by atoms with Gasteiger partial charge in [-0.3, -0.25) is 0 Å². The number of amides is 1. The van der Waals surface area contributed by atoms with Gasteiger partial charge in [0, 0.05) is 11.0 Å². The number of nitrogens with two attached hydrogens (primary N) is 1. The molecule has 0 aliphatic rings. The van der Waals surface area contributed by atoms with Gasteiger partial charge >= 0.3 is 11.8 Å². The summed E-state index contributed by atoms with van der Waals surface area (Å²) >= 11 is 3.27. The molecule has 1 amide bonds. The largest absolute Gasteiger partial charge is 0.445 e. The zero-order chi connectivity index (χ0) is 20.4. The fraction of sp³-hybridized carbons (Fsp3) is 0.412. The van der Waals surface area contributed by atoms with Crippen molar-refractivity contribution >= 4 is 22.0 Å². The van der Waals surface area contributed by atoms with Gasteiger partial charge < -0.3 is 10.5 Å². The van der Waals surface area contributed by atoms with Crippen LogP contribution in [0.3, 0.4) is 0 Å². The van der Waals surface area contributed by atoms with E-state index in [-0.39, 0.29) is 18.7 Å². The van der Waals surface area contributed by atoms with E-state index in [1.54, 1.807) is 26.8 Å². The van der Waals surface area contributed by atoms with Gasteiger partial charge in [-0.1, -0.05) is 26.8 Å². The van der Waals surface area contributed by atoms with E-state index in [1.165, 1.54) is 10.9 Å². The third-order valence-corrected chi connectivity index (χ3v) is 4.14. The van der Waals surface area contributed by atoms with Crippen molar-refractivity contribution in [2.75, 3.05) is 6.61 Å². The molecule has 2 aromatic rings. The van der Waals surface area contributed by atoms with Crippen LogP contribution in [0.1, 0.15) is 26.3 Å². The molecule has 2 aromatic heterocycles. The minimum atomic E-state index is -1.03. The summed E-state index contributed by atoms with van der Waals surface area (Å²) in [5.74, 6) is -0.0854. The molecule has 8 nitrogen and oxygen atoms in total. The van der Waals surface area contributed by atoms with Gasteiger partial charge in [0.15, 0.2) is 0 Å². The maximum Gasteiger partial charge on any atom is 0.404 e. The van der Waals surface area contributed by atoms with Crippen LogP contribution < -0.4 is 11.4 Å². The zero-order valence-electron chi connectivity index (χ0n) is 15.5. The second-order valence-corrected chi connectivity index (χ2v) is 7.80. The van der Waals surface area contributed by atoms with E-state index in [0.29, 0.717) is 10.4 Å². The van der Waals surface area contributed by atoms with Gasteiger partial charge in [0.1, 0.15) is 29.2 Å². The summed E-state index contributed by atoms with van der Waals surface area (Å²) in [5, 5.41) is 4.03. The summed E-state index contributed by atoms with van der Waals surface area (Å²) < 4.78 is 22.4. The number of hydrogen-bond acceptors (Lipinski definition) is 5. The number of nitrogens with zero attached hydrogens (tertiary/aromatic N) is 4. The summed E-state index contributed by atoms with van der Waals surface area (Å²) in [6.07, 6.45) is 0.284. The van der Waals surface area contributed by atoms with Crippen molar-refractivity contribution in [1.29, 1.82) is 0 Å². The van der Waals surface area contributed by atoms with Gasteiger partial charge in [0.05, 0.1) is 6.54 Å². The Morgan fingerprint density at radius 2 is 2.04 bits per heavy atom. The van der Waals surface area contributed by atoms with Crippen molar-refractivity contribution in [3.05, 3.63) is 50.5 Å². The Bertz CT molecular complexity index is 943. The molecule has 2 heterocycles. The molecule has 0 unspecified atom stereocenters. The molecule has 2 rings (SSSR count). The molecule has 0 atom stereocenters. The quantitative estimate of drug-likeness (QED) is 0.717. The maximum atomic E-state index is 14.8. The van der Waals surface area contributed by atoms with Gasteiger partial charge in [-0.15, -0.1) is 0 Å². The molecule has 27 heavy (non-hydrogen) atoms. The van der Waals surface area contributed by atoms with E-state index in [9.17, 15) is 14.0 Å². The lowest BCUT2D eigenvalue weighted by molar-refractivity contribution is 0.163. The highest BCUT2D eigenvalue weighted by Crippen LogP contribution is 2.29. The minimum absolute atomic E-state index is 0.104. The van der Waals surface area contributed by atoms with Crippen molar-refractivity contribution in [3.63, 3.8) is 0 Å². The van der Waals surface area contributed by atoms with Crippen molar-refractivity contribution in [3.8, 4) is 5.82 Å². The predicted octanol–water partition coefficient (Wildman–Crippen LogP) is 2.86. The second-order valence-electron chi connectivity index (χ2n) is 6.99. The number of aromatic nitrogens is 4. The fourth-order valence-corrected chi connectivity index (χ4v) is 2.68. The van der Waals surface area contributed by atoms with Crippen LogP contribution in [0.25, 0.3) is 5.82 Å². The Balaban J connectivity index is 2.43. The van der Waals surface area contributed by atoms with E-state index in [1.807, 2.05) is 13.0 Å². The molecular weight excluding hydrogens is 421 g/mol. The zero-order valence-corrected chi connectivity index (χ0v) is 17.1.